The van der Waals surface area contributed by atoms with Gasteiger partial charge >= 0.3 is 0 Å². The van der Waals surface area contributed by atoms with Gasteiger partial charge in [0, 0.05) is 42.7 Å². The summed E-state index contributed by atoms with van der Waals surface area (Å²) < 4.78 is 0. The predicted octanol–water partition coefficient (Wildman–Crippen LogP) is 3.25. The molecule has 2 N–H and O–H groups in total. The molecule has 10 heteroatoms. The number of carbonyl (C=O) groups excluding carboxylic acids is 2. The second-order valence-corrected chi connectivity index (χ2v) is 11.3. The summed E-state index contributed by atoms with van der Waals surface area (Å²) in [5.41, 5.74) is 1.03. The van der Waals surface area contributed by atoms with Gasteiger partial charge in [0.15, 0.2) is 5.13 Å². The first-order chi connectivity index (χ1) is 16.7. The van der Waals surface area contributed by atoms with E-state index in [1.165, 1.54) is 29.9 Å². The van der Waals surface area contributed by atoms with Gasteiger partial charge in [-0.2, -0.15) is 5.26 Å². The van der Waals surface area contributed by atoms with E-state index in [2.05, 4.69) is 35.2 Å². The average molecular weight is 497 g/mol. The smallest absolute Gasteiger partial charge is 0.277 e. The van der Waals surface area contributed by atoms with Gasteiger partial charge in [-0.1, -0.05) is 20.8 Å². The quantitative estimate of drug-likeness (QED) is 0.627. The highest BCUT2D eigenvalue weighted by Crippen LogP contribution is 2.57. The Labute approximate surface area is 209 Å². The zero-order chi connectivity index (χ0) is 25.3. The molecule has 0 saturated heterocycles. The maximum Gasteiger partial charge on any atom is 0.277 e. The summed E-state index contributed by atoms with van der Waals surface area (Å²) in [6.07, 6.45) is 6.51. The van der Waals surface area contributed by atoms with Crippen molar-refractivity contribution in [2.45, 2.75) is 58.5 Å². The van der Waals surface area contributed by atoms with Crippen molar-refractivity contribution in [3.63, 3.8) is 0 Å². The Bertz CT molecular complexity index is 1130. The third-order valence-electron chi connectivity index (χ3n) is 7.91. The van der Waals surface area contributed by atoms with Crippen LogP contribution in [0.2, 0.25) is 0 Å². The van der Waals surface area contributed by atoms with E-state index < -0.39 is 6.10 Å². The number of aliphatic hydroxyl groups excluding tert-OH is 1. The van der Waals surface area contributed by atoms with Crippen LogP contribution in [0.3, 0.4) is 0 Å². The van der Waals surface area contributed by atoms with E-state index in [0.29, 0.717) is 18.1 Å². The monoisotopic (exact) mass is 496 g/mol. The van der Waals surface area contributed by atoms with Gasteiger partial charge in [-0.15, -0.1) is 11.3 Å². The van der Waals surface area contributed by atoms with Crippen LogP contribution in [0, 0.1) is 34.5 Å². The molecule has 35 heavy (non-hydrogen) atoms. The highest BCUT2D eigenvalue weighted by Gasteiger charge is 2.54. The number of thiazole rings is 1. The summed E-state index contributed by atoms with van der Waals surface area (Å²) in [4.78, 5) is 41.0. The second-order valence-electron chi connectivity index (χ2n) is 10.2. The summed E-state index contributed by atoms with van der Waals surface area (Å²) in [5.74, 6) is -0.918. The van der Waals surface area contributed by atoms with Crippen LogP contribution >= 0.6 is 11.3 Å². The van der Waals surface area contributed by atoms with E-state index in [1.807, 2.05) is 6.92 Å². The fraction of sp³-hybridized carbons (Fsp3) is 0.600. The van der Waals surface area contributed by atoms with E-state index in [9.17, 15) is 14.7 Å². The minimum absolute atomic E-state index is 0.0152. The van der Waals surface area contributed by atoms with Crippen molar-refractivity contribution in [1.29, 1.82) is 5.26 Å². The van der Waals surface area contributed by atoms with E-state index in [4.69, 9.17) is 10.2 Å². The SMILES string of the molecule is C[C@H](C(=O)N(C)CCC#N)[C@H]1CC[C@@]2(C)Cc3sc(NC(=O)c4cnccn4)nc3[C@@H](C)[C@@H]2[C@H]1O. The zero-order valence-electron chi connectivity index (χ0n) is 20.6. The van der Waals surface area contributed by atoms with Gasteiger partial charge in [0.1, 0.15) is 5.69 Å². The third kappa shape index (κ3) is 4.80. The van der Waals surface area contributed by atoms with E-state index in [0.717, 1.165) is 29.8 Å². The topological polar surface area (TPSA) is 132 Å². The van der Waals surface area contributed by atoms with Crippen LogP contribution in [0.15, 0.2) is 18.6 Å². The van der Waals surface area contributed by atoms with Gasteiger partial charge in [-0.25, -0.2) is 9.97 Å². The Morgan fingerprint density at radius 2 is 2.20 bits per heavy atom. The highest BCUT2D eigenvalue weighted by molar-refractivity contribution is 7.15. The molecule has 2 amide bonds. The van der Waals surface area contributed by atoms with Gasteiger partial charge in [0.2, 0.25) is 5.91 Å². The Balaban J connectivity index is 1.52. The van der Waals surface area contributed by atoms with E-state index in [1.54, 1.807) is 11.9 Å². The molecule has 9 nitrogen and oxygen atoms in total. The van der Waals surface area contributed by atoms with Crippen LogP contribution in [0.5, 0.6) is 0 Å². The number of aromatic nitrogens is 3. The fourth-order valence-corrected chi connectivity index (χ4v) is 7.30. The van der Waals surface area contributed by atoms with Crippen LogP contribution in [-0.4, -0.2) is 56.5 Å². The summed E-state index contributed by atoms with van der Waals surface area (Å²) in [7, 11) is 1.72. The van der Waals surface area contributed by atoms with E-state index in [-0.39, 0.29) is 46.6 Å². The summed E-state index contributed by atoms with van der Waals surface area (Å²) >= 11 is 1.48. The first-order valence-corrected chi connectivity index (χ1v) is 12.8. The van der Waals surface area contributed by atoms with Crippen LogP contribution in [0.1, 0.15) is 67.0 Å². The lowest BCUT2D eigenvalue weighted by atomic mass is 9.53. The number of carbonyl (C=O) groups is 2. The molecule has 2 aliphatic carbocycles. The van der Waals surface area contributed by atoms with Crippen LogP contribution < -0.4 is 5.32 Å². The number of fused-ring (bicyclic) bond motifs is 2. The van der Waals surface area contributed by atoms with Crippen molar-refractivity contribution in [3.05, 3.63) is 34.9 Å². The molecule has 0 radical (unpaired) electrons. The number of nitriles is 1. The molecule has 2 aromatic heterocycles. The molecule has 0 unspecified atom stereocenters. The molecule has 186 valence electrons. The molecule has 0 aromatic carbocycles. The number of nitrogens with zero attached hydrogens (tertiary/aromatic N) is 5. The largest absolute Gasteiger partial charge is 0.392 e. The highest BCUT2D eigenvalue weighted by atomic mass is 32.1. The number of hydrogen-bond donors (Lipinski definition) is 2. The Morgan fingerprint density at radius 1 is 1.43 bits per heavy atom. The van der Waals surface area contributed by atoms with Crippen molar-refractivity contribution in [2.24, 2.45) is 23.2 Å². The Morgan fingerprint density at radius 3 is 2.89 bits per heavy atom. The fourth-order valence-electron chi connectivity index (χ4n) is 6.04. The molecule has 0 aliphatic heterocycles. The number of anilines is 1. The molecule has 2 aromatic rings. The van der Waals surface area contributed by atoms with Crippen molar-refractivity contribution in [3.8, 4) is 6.07 Å². The molecule has 2 heterocycles. The first kappa shape index (κ1) is 25.2. The average Bonchev–Trinajstić information content (AvgIpc) is 3.24. The number of nitrogens with one attached hydrogen (secondary N) is 1. The van der Waals surface area contributed by atoms with Crippen LogP contribution in [-0.2, 0) is 11.2 Å². The number of hydrogen-bond acceptors (Lipinski definition) is 8. The van der Waals surface area contributed by atoms with Crippen LogP contribution in [0.4, 0.5) is 5.13 Å². The van der Waals surface area contributed by atoms with Gasteiger partial charge in [0.05, 0.1) is 30.5 Å². The van der Waals surface area contributed by atoms with Gasteiger partial charge in [-0.3, -0.25) is 19.9 Å². The van der Waals surface area contributed by atoms with Crippen molar-refractivity contribution in [2.75, 3.05) is 18.9 Å². The van der Waals surface area contributed by atoms with Gasteiger partial charge in [-0.05, 0) is 36.5 Å². The maximum absolute atomic E-state index is 13.0. The molecular formula is C25H32N6O3S. The summed E-state index contributed by atoms with van der Waals surface area (Å²) in [6.45, 7) is 6.60. The number of rotatable bonds is 6. The standard InChI is InChI=1S/C25H32N6O3S/c1-14(23(34)31(4)11-5-8-26)16-6-7-25(3)12-18-20(15(2)19(25)21(16)32)29-24(35-18)30-22(33)17-13-27-9-10-28-17/h9-10,13-16,19,21,32H,5-7,11-12H2,1-4H3,(H,29,30,33)/t14-,15-,16+,19+,21-,25-/m0/s1. The first-order valence-electron chi connectivity index (χ1n) is 12.0. The summed E-state index contributed by atoms with van der Waals surface area (Å²) in [5, 5.41) is 23.8. The zero-order valence-corrected chi connectivity index (χ0v) is 21.4. The number of aliphatic hydroxyl groups is 1. The molecule has 6 atom stereocenters. The Kier molecular flexibility index (Phi) is 7.20. The molecule has 0 spiro atoms. The van der Waals surface area contributed by atoms with Crippen molar-refractivity contribution < 1.29 is 14.7 Å². The normalized spacial score (nSPS) is 28.2. The maximum atomic E-state index is 13.0. The van der Waals surface area contributed by atoms with Crippen molar-refractivity contribution in [1.82, 2.24) is 19.9 Å². The third-order valence-corrected chi connectivity index (χ3v) is 8.89. The van der Waals surface area contributed by atoms with Crippen molar-refractivity contribution >= 4 is 28.3 Å². The molecule has 0 bridgehead atoms. The summed E-state index contributed by atoms with van der Waals surface area (Å²) in [6, 6.07) is 2.08. The second kappa shape index (κ2) is 9.99. The lowest BCUT2D eigenvalue weighted by molar-refractivity contribution is -0.143. The van der Waals surface area contributed by atoms with Gasteiger partial charge in [0.25, 0.3) is 5.91 Å². The predicted molar refractivity (Wildman–Crippen MR) is 132 cm³/mol. The molecule has 2 aliphatic rings. The molecule has 1 saturated carbocycles. The minimum Gasteiger partial charge on any atom is -0.392 e. The molecule has 4 rings (SSSR count). The lowest BCUT2D eigenvalue weighted by Crippen LogP contribution is -2.53. The lowest BCUT2D eigenvalue weighted by Gasteiger charge is -2.53. The minimum atomic E-state index is -0.639. The molecule has 1 fully saturated rings. The Hall–Kier alpha value is -2.90. The number of amides is 2. The van der Waals surface area contributed by atoms with E-state index >= 15 is 0 Å². The van der Waals surface area contributed by atoms with Gasteiger partial charge < -0.3 is 10.0 Å². The molecular weight excluding hydrogens is 464 g/mol. The van der Waals surface area contributed by atoms with Crippen LogP contribution in [0.25, 0.3) is 0 Å².